The number of ether oxygens (including phenoxy) is 1. The van der Waals surface area contributed by atoms with Crippen molar-refractivity contribution < 1.29 is 14.3 Å². The largest absolute Gasteiger partial charge is 0.491 e. The second-order valence-corrected chi connectivity index (χ2v) is 10.1. The smallest absolute Gasteiger partial charge is 0.228 e. The van der Waals surface area contributed by atoms with Gasteiger partial charge in [-0.1, -0.05) is 31.0 Å². The maximum atomic E-state index is 13.6. The van der Waals surface area contributed by atoms with Gasteiger partial charge < -0.3 is 14.5 Å². The van der Waals surface area contributed by atoms with Crippen molar-refractivity contribution in [3.63, 3.8) is 0 Å². The predicted molar refractivity (Wildman–Crippen MR) is 134 cm³/mol. The lowest BCUT2D eigenvalue weighted by molar-refractivity contribution is -0.148. The fourth-order valence-corrected chi connectivity index (χ4v) is 5.49. The Morgan fingerprint density at radius 1 is 1.06 bits per heavy atom. The monoisotopic (exact) mass is 481 g/mol. The van der Waals surface area contributed by atoms with Gasteiger partial charge in [0.25, 0.3) is 0 Å². The average Bonchev–Trinajstić information content (AvgIpc) is 3.19. The third-order valence-electron chi connectivity index (χ3n) is 7.63. The lowest BCUT2D eigenvalue weighted by Crippen LogP contribution is -2.51. The number of para-hydroxylation sites is 1. The molecule has 2 aromatic rings. The van der Waals surface area contributed by atoms with E-state index in [-0.39, 0.29) is 17.2 Å². The van der Waals surface area contributed by atoms with Gasteiger partial charge in [0, 0.05) is 26.6 Å². The molecule has 8 nitrogen and oxygen atoms in total. The SMILES string of the molecule is Cc1nc(C)n(CCC(=O)N2CCC3(CCCCCc4ccccc4OCCN(C)C3=O)CC2)n1. The third-order valence-corrected chi connectivity index (χ3v) is 7.63. The fraction of sp³-hybridized carbons (Fsp3) is 0.630. The van der Waals surface area contributed by atoms with Gasteiger partial charge in [-0.25, -0.2) is 9.67 Å². The van der Waals surface area contributed by atoms with Gasteiger partial charge in [-0.15, -0.1) is 0 Å². The number of piperidine rings is 1. The van der Waals surface area contributed by atoms with E-state index in [0.717, 1.165) is 62.3 Å². The summed E-state index contributed by atoms with van der Waals surface area (Å²) in [7, 11) is 1.89. The number of likely N-dealkylation sites (tertiary alicyclic amines) is 1. The van der Waals surface area contributed by atoms with Crippen LogP contribution in [-0.2, 0) is 22.6 Å². The Balaban J connectivity index is 1.36. The van der Waals surface area contributed by atoms with E-state index in [1.807, 2.05) is 42.8 Å². The lowest BCUT2D eigenvalue weighted by Gasteiger charge is -2.42. The molecule has 8 heteroatoms. The van der Waals surface area contributed by atoms with Gasteiger partial charge in [-0.3, -0.25) is 9.59 Å². The van der Waals surface area contributed by atoms with Crippen LogP contribution in [0.15, 0.2) is 24.3 Å². The molecule has 0 radical (unpaired) electrons. The van der Waals surface area contributed by atoms with Crippen molar-refractivity contribution in [2.45, 2.75) is 71.8 Å². The predicted octanol–water partition coefficient (Wildman–Crippen LogP) is 3.55. The highest BCUT2D eigenvalue weighted by atomic mass is 16.5. The molecular weight excluding hydrogens is 442 g/mol. The van der Waals surface area contributed by atoms with Crippen LogP contribution < -0.4 is 4.74 Å². The number of hydrogen-bond acceptors (Lipinski definition) is 5. The van der Waals surface area contributed by atoms with E-state index in [4.69, 9.17) is 4.74 Å². The summed E-state index contributed by atoms with van der Waals surface area (Å²) in [5.74, 6) is 2.83. The van der Waals surface area contributed by atoms with E-state index in [2.05, 4.69) is 22.2 Å². The van der Waals surface area contributed by atoms with Crippen LogP contribution in [-0.4, -0.2) is 69.7 Å². The number of hydrogen-bond donors (Lipinski definition) is 0. The highest BCUT2D eigenvalue weighted by Crippen LogP contribution is 2.39. The van der Waals surface area contributed by atoms with E-state index in [0.29, 0.717) is 39.2 Å². The molecule has 1 fully saturated rings. The Hall–Kier alpha value is -2.90. The second-order valence-electron chi connectivity index (χ2n) is 10.1. The molecule has 0 N–H and O–H groups in total. The van der Waals surface area contributed by atoms with Crippen LogP contribution in [0, 0.1) is 19.3 Å². The van der Waals surface area contributed by atoms with Crippen LogP contribution in [0.25, 0.3) is 0 Å². The number of aryl methyl sites for hydroxylation is 4. The summed E-state index contributed by atoms with van der Waals surface area (Å²) in [5, 5.41) is 4.36. The normalized spacial score (nSPS) is 19.3. The van der Waals surface area contributed by atoms with Crippen molar-refractivity contribution in [3.8, 4) is 5.75 Å². The number of nitrogens with zero attached hydrogens (tertiary/aromatic N) is 5. The molecular formula is C27H39N5O3. The number of carbonyl (C=O) groups is 2. The quantitative estimate of drug-likeness (QED) is 0.670. The summed E-state index contributed by atoms with van der Waals surface area (Å²) >= 11 is 0. The van der Waals surface area contributed by atoms with Gasteiger partial charge >= 0.3 is 0 Å². The van der Waals surface area contributed by atoms with Gasteiger partial charge in [0.05, 0.1) is 18.5 Å². The second kappa shape index (κ2) is 11.2. The molecule has 4 rings (SSSR count). The highest BCUT2D eigenvalue weighted by Gasteiger charge is 2.43. The minimum atomic E-state index is -0.383. The van der Waals surface area contributed by atoms with Gasteiger partial charge in [-0.05, 0) is 57.6 Å². The fourth-order valence-electron chi connectivity index (χ4n) is 5.49. The topological polar surface area (TPSA) is 80.6 Å². The van der Waals surface area contributed by atoms with E-state index in [1.165, 1.54) is 5.56 Å². The van der Waals surface area contributed by atoms with Crippen LogP contribution in [0.2, 0.25) is 0 Å². The summed E-state index contributed by atoms with van der Waals surface area (Å²) in [4.78, 5) is 34.6. The number of likely N-dealkylation sites (N-methyl/N-ethyl adjacent to an activating group) is 1. The van der Waals surface area contributed by atoms with Crippen LogP contribution >= 0.6 is 0 Å². The highest BCUT2D eigenvalue weighted by molar-refractivity contribution is 5.83. The molecule has 0 bridgehead atoms. The summed E-state index contributed by atoms with van der Waals surface area (Å²) in [6, 6.07) is 8.23. The Labute approximate surface area is 208 Å². The molecule has 1 spiro atoms. The lowest BCUT2D eigenvalue weighted by atomic mass is 9.73. The first-order valence-electron chi connectivity index (χ1n) is 13.0. The number of carbonyl (C=O) groups excluding carboxylic acids is 2. The Kier molecular flexibility index (Phi) is 8.08. The van der Waals surface area contributed by atoms with Gasteiger partial charge in [0.15, 0.2) is 0 Å². The van der Waals surface area contributed by atoms with E-state index in [9.17, 15) is 9.59 Å². The van der Waals surface area contributed by atoms with Crippen molar-refractivity contribution in [1.29, 1.82) is 0 Å². The molecule has 3 heterocycles. The molecule has 0 saturated carbocycles. The van der Waals surface area contributed by atoms with E-state index in [1.54, 1.807) is 4.68 Å². The minimum Gasteiger partial charge on any atom is -0.491 e. The zero-order chi connectivity index (χ0) is 24.8. The first-order valence-corrected chi connectivity index (χ1v) is 13.0. The molecule has 2 aliphatic rings. The Bertz CT molecular complexity index is 1030. The first-order chi connectivity index (χ1) is 16.9. The summed E-state index contributed by atoms with van der Waals surface area (Å²) in [6.45, 7) is 6.63. The number of amides is 2. The van der Waals surface area contributed by atoms with Crippen LogP contribution in [0.3, 0.4) is 0 Å². The Morgan fingerprint density at radius 3 is 2.57 bits per heavy atom. The first kappa shape index (κ1) is 25.2. The molecule has 0 unspecified atom stereocenters. The van der Waals surface area contributed by atoms with Crippen molar-refractivity contribution in [2.24, 2.45) is 5.41 Å². The van der Waals surface area contributed by atoms with Crippen molar-refractivity contribution in [3.05, 3.63) is 41.5 Å². The molecule has 2 amide bonds. The zero-order valence-electron chi connectivity index (χ0n) is 21.5. The Morgan fingerprint density at radius 2 is 1.83 bits per heavy atom. The number of rotatable bonds is 3. The zero-order valence-corrected chi connectivity index (χ0v) is 21.5. The standard InChI is InChI=1S/C27H39N5O3/c1-21-28-22(2)32(29-21)16-12-25(33)31-17-14-27(15-18-31)13-8-4-5-9-23-10-6-7-11-24(23)35-20-19-30(3)26(27)34/h6-7,10-11H,4-5,8-9,12-20H2,1-3H3. The molecule has 190 valence electrons. The van der Waals surface area contributed by atoms with E-state index < -0.39 is 0 Å². The van der Waals surface area contributed by atoms with Gasteiger partial charge in [-0.2, -0.15) is 5.10 Å². The third kappa shape index (κ3) is 6.03. The molecule has 1 aromatic heterocycles. The van der Waals surface area contributed by atoms with Crippen molar-refractivity contribution in [2.75, 3.05) is 33.3 Å². The minimum absolute atomic E-state index is 0.129. The summed E-state index contributed by atoms with van der Waals surface area (Å²) < 4.78 is 7.86. The number of aromatic nitrogens is 3. The average molecular weight is 482 g/mol. The summed E-state index contributed by atoms with van der Waals surface area (Å²) in [6.07, 6.45) is 6.95. The maximum absolute atomic E-state index is 13.6. The molecule has 0 aliphatic carbocycles. The number of fused-ring (bicyclic) bond motifs is 1. The molecule has 35 heavy (non-hydrogen) atoms. The van der Waals surface area contributed by atoms with Crippen molar-refractivity contribution >= 4 is 11.8 Å². The molecule has 0 atom stereocenters. The van der Waals surface area contributed by atoms with Gasteiger partial charge in [0.1, 0.15) is 24.0 Å². The van der Waals surface area contributed by atoms with Crippen LogP contribution in [0.4, 0.5) is 0 Å². The van der Waals surface area contributed by atoms with Crippen LogP contribution in [0.5, 0.6) is 5.75 Å². The molecule has 1 saturated heterocycles. The van der Waals surface area contributed by atoms with E-state index >= 15 is 0 Å². The molecule has 1 aromatic carbocycles. The summed E-state index contributed by atoms with van der Waals surface area (Å²) in [5.41, 5.74) is 0.866. The maximum Gasteiger partial charge on any atom is 0.228 e. The number of benzene rings is 1. The van der Waals surface area contributed by atoms with Crippen LogP contribution in [0.1, 0.15) is 62.2 Å². The van der Waals surface area contributed by atoms with Gasteiger partial charge in [0.2, 0.25) is 11.8 Å². The van der Waals surface area contributed by atoms with Crippen molar-refractivity contribution in [1.82, 2.24) is 24.6 Å². The molecule has 2 aliphatic heterocycles.